The molecule has 0 aromatic heterocycles. The Kier molecular flexibility index (Phi) is 4.70. The summed E-state index contributed by atoms with van der Waals surface area (Å²) in [5.41, 5.74) is 0. The number of rotatable bonds is 5. The molecule has 1 aliphatic heterocycles. The molecule has 1 rings (SSSR count). The fourth-order valence-corrected chi connectivity index (χ4v) is 1.67. The Bertz CT molecular complexity index is 141. The summed E-state index contributed by atoms with van der Waals surface area (Å²) in [6.45, 7) is 6.43. The van der Waals surface area contributed by atoms with Crippen LogP contribution in [0, 0.1) is 5.92 Å². The molecule has 3 heteroatoms. The van der Waals surface area contributed by atoms with Gasteiger partial charge in [0.2, 0.25) is 0 Å². The fraction of sp³-hybridized carbons (Fsp3) is 1.00. The molecule has 0 amide bonds. The van der Waals surface area contributed by atoms with Gasteiger partial charge < -0.3 is 15.2 Å². The molecule has 1 fully saturated rings. The van der Waals surface area contributed by atoms with Gasteiger partial charge in [0.15, 0.2) is 0 Å². The van der Waals surface area contributed by atoms with E-state index in [1.54, 1.807) is 0 Å². The molecule has 78 valence electrons. The second kappa shape index (κ2) is 5.58. The number of hydrogen-bond acceptors (Lipinski definition) is 3. The second-order valence-corrected chi connectivity index (χ2v) is 4.00. The van der Waals surface area contributed by atoms with E-state index in [2.05, 4.69) is 19.2 Å². The van der Waals surface area contributed by atoms with E-state index in [4.69, 9.17) is 9.84 Å². The zero-order chi connectivity index (χ0) is 9.68. The summed E-state index contributed by atoms with van der Waals surface area (Å²) in [7, 11) is 0. The summed E-state index contributed by atoms with van der Waals surface area (Å²) in [6.07, 6.45) is 2.35. The molecule has 0 aromatic rings. The molecule has 1 aliphatic rings. The first kappa shape index (κ1) is 11.0. The molecule has 3 unspecified atom stereocenters. The predicted octanol–water partition coefficient (Wildman–Crippen LogP) is 0.772. The number of ether oxygens (including phenoxy) is 1. The van der Waals surface area contributed by atoms with Crippen LogP contribution in [-0.2, 0) is 4.74 Å². The van der Waals surface area contributed by atoms with Crippen LogP contribution < -0.4 is 5.32 Å². The van der Waals surface area contributed by atoms with Gasteiger partial charge in [0.25, 0.3) is 0 Å². The highest BCUT2D eigenvalue weighted by molar-refractivity contribution is 4.79. The monoisotopic (exact) mass is 187 g/mol. The van der Waals surface area contributed by atoms with Crippen molar-refractivity contribution in [2.75, 3.05) is 19.8 Å². The topological polar surface area (TPSA) is 41.5 Å². The van der Waals surface area contributed by atoms with Crippen molar-refractivity contribution in [1.29, 1.82) is 0 Å². The number of hydrogen-bond donors (Lipinski definition) is 2. The fourth-order valence-electron chi connectivity index (χ4n) is 1.67. The predicted molar refractivity (Wildman–Crippen MR) is 52.7 cm³/mol. The van der Waals surface area contributed by atoms with E-state index >= 15 is 0 Å². The highest BCUT2D eigenvalue weighted by Crippen LogP contribution is 2.13. The van der Waals surface area contributed by atoms with Crippen LogP contribution in [0.15, 0.2) is 0 Å². The Labute approximate surface area is 80.5 Å². The van der Waals surface area contributed by atoms with Crippen LogP contribution in [0.2, 0.25) is 0 Å². The Balaban J connectivity index is 2.10. The lowest BCUT2D eigenvalue weighted by Crippen LogP contribution is -2.37. The zero-order valence-electron chi connectivity index (χ0n) is 8.62. The van der Waals surface area contributed by atoms with E-state index in [1.807, 2.05) is 0 Å². The molecule has 2 N–H and O–H groups in total. The van der Waals surface area contributed by atoms with Gasteiger partial charge in [0.1, 0.15) is 0 Å². The summed E-state index contributed by atoms with van der Waals surface area (Å²) < 4.78 is 5.45. The van der Waals surface area contributed by atoms with Gasteiger partial charge in [-0.1, -0.05) is 6.92 Å². The SMILES string of the molecule is CC(CCO)CNC1CCOC1C. The standard InChI is InChI=1S/C10H21NO2/c1-8(3-5-12)7-11-10-4-6-13-9(10)2/h8-12H,3-7H2,1-2H3. The van der Waals surface area contributed by atoms with Crippen molar-refractivity contribution in [2.24, 2.45) is 5.92 Å². The summed E-state index contributed by atoms with van der Waals surface area (Å²) in [5, 5.41) is 12.2. The van der Waals surface area contributed by atoms with Crippen molar-refractivity contribution in [3.63, 3.8) is 0 Å². The van der Waals surface area contributed by atoms with E-state index in [9.17, 15) is 0 Å². The molecule has 0 spiro atoms. The lowest BCUT2D eigenvalue weighted by atomic mass is 10.1. The van der Waals surface area contributed by atoms with Crippen molar-refractivity contribution < 1.29 is 9.84 Å². The average Bonchev–Trinajstić information content (AvgIpc) is 2.48. The third-order valence-corrected chi connectivity index (χ3v) is 2.73. The number of nitrogens with one attached hydrogen (secondary N) is 1. The smallest absolute Gasteiger partial charge is 0.0700 e. The maximum Gasteiger partial charge on any atom is 0.0700 e. The van der Waals surface area contributed by atoms with E-state index in [-0.39, 0.29) is 0 Å². The second-order valence-electron chi connectivity index (χ2n) is 4.00. The first-order valence-electron chi connectivity index (χ1n) is 5.20. The van der Waals surface area contributed by atoms with E-state index in [0.717, 1.165) is 26.0 Å². The minimum Gasteiger partial charge on any atom is -0.396 e. The Morgan fingerprint density at radius 2 is 2.38 bits per heavy atom. The highest BCUT2D eigenvalue weighted by Gasteiger charge is 2.23. The molecule has 1 saturated heterocycles. The molecule has 0 saturated carbocycles. The Morgan fingerprint density at radius 1 is 1.62 bits per heavy atom. The van der Waals surface area contributed by atoms with Crippen molar-refractivity contribution in [2.45, 2.75) is 38.8 Å². The molecule has 0 aliphatic carbocycles. The van der Waals surface area contributed by atoms with Gasteiger partial charge in [0, 0.05) is 19.3 Å². The zero-order valence-corrected chi connectivity index (χ0v) is 8.62. The van der Waals surface area contributed by atoms with Crippen molar-refractivity contribution in [3.8, 4) is 0 Å². The Hall–Kier alpha value is -0.120. The summed E-state index contributed by atoms with van der Waals surface area (Å²) in [6, 6.07) is 0.515. The molecule has 0 bridgehead atoms. The van der Waals surface area contributed by atoms with Gasteiger partial charge in [-0.2, -0.15) is 0 Å². The van der Waals surface area contributed by atoms with Gasteiger partial charge in [0.05, 0.1) is 6.10 Å². The average molecular weight is 187 g/mol. The van der Waals surface area contributed by atoms with Gasteiger partial charge >= 0.3 is 0 Å². The number of aliphatic hydroxyl groups is 1. The van der Waals surface area contributed by atoms with Crippen molar-refractivity contribution in [1.82, 2.24) is 5.32 Å². The van der Waals surface area contributed by atoms with Gasteiger partial charge in [-0.15, -0.1) is 0 Å². The van der Waals surface area contributed by atoms with Crippen LogP contribution in [-0.4, -0.2) is 37.0 Å². The molecule has 1 heterocycles. The molecular formula is C10H21NO2. The molecule has 3 atom stereocenters. The van der Waals surface area contributed by atoms with Crippen LogP contribution in [0.1, 0.15) is 26.7 Å². The van der Waals surface area contributed by atoms with Crippen LogP contribution in [0.5, 0.6) is 0 Å². The molecule has 13 heavy (non-hydrogen) atoms. The maximum atomic E-state index is 8.73. The van der Waals surface area contributed by atoms with Crippen LogP contribution in [0.4, 0.5) is 0 Å². The van der Waals surface area contributed by atoms with Crippen LogP contribution >= 0.6 is 0 Å². The third kappa shape index (κ3) is 3.63. The molecule has 3 nitrogen and oxygen atoms in total. The van der Waals surface area contributed by atoms with Crippen LogP contribution in [0.25, 0.3) is 0 Å². The largest absolute Gasteiger partial charge is 0.396 e. The minimum atomic E-state index is 0.291. The van der Waals surface area contributed by atoms with Crippen molar-refractivity contribution >= 4 is 0 Å². The first-order valence-corrected chi connectivity index (χ1v) is 5.20. The summed E-state index contributed by atoms with van der Waals surface area (Å²) in [4.78, 5) is 0. The normalized spacial score (nSPS) is 30.7. The van der Waals surface area contributed by atoms with E-state index in [0.29, 0.717) is 24.7 Å². The molecule has 0 aromatic carbocycles. The maximum absolute atomic E-state index is 8.73. The van der Waals surface area contributed by atoms with Gasteiger partial charge in [-0.05, 0) is 32.2 Å². The lowest BCUT2D eigenvalue weighted by Gasteiger charge is -2.18. The minimum absolute atomic E-state index is 0.291. The highest BCUT2D eigenvalue weighted by atomic mass is 16.5. The summed E-state index contributed by atoms with van der Waals surface area (Å²) in [5.74, 6) is 0.554. The van der Waals surface area contributed by atoms with Crippen molar-refractivity contribution in [3.05, 3.63) is 0 Å². The van der Waals surface area contributed by atoms with Gasteiger partial charge in [-0.3, -0.25) is 0 Å². The summed E-state index contributed by atoms with van der Waals surface area (Å²) >= 11 is 0. The first-order chi connectivity index (χ1) is 6.24. The Morgan fingerprint density at radius 3 is 2.92 bits per heavy atom. The van der Waals surface area contributed by atoms with Crippen LogP contribution in [0.3, 0.4) is 0 Å². The molecule has 0 radical (unpaired) electrons. The third-order valence-electron chi connectivity index (χ3n) is 2.73. The van der Waals surface area contributed by atoms with E-state index in [1.165, 1.54) is 0 Å². The number of aliphatic hydroxyl groups excluding tert-OH is 1. The quantitative estimate of drug-likeness (QED) is 0.668. The van der Waals surface area contributed by atoms with E-state index < -0.39 is 0 Å². The van der Waals surface area contributed by atoms with Gasteiger partial charge in [-0.25, -0.2) is 0 Å². The molecular weight excluding hydrogens is 166 g/mol. The lowest BCUT2D eigenvalue weighted by molar-refractivity contribution is 0.112.